The molecule has 9 rings (SSSR count). The Morgan fingerprint density at radius 1 is 0.519 bits per heavy atom. The van der Waals surface area contributed by atoms with Gasteiger partial charge in [0.15, 0.2) is 0 Å². The third kappa shape index (κ3) is 5.96. The summed E-state index contributed by atoms with van der Waals surface area (Å²) < 4.78 is 0. The molecule has 2 heteroatoms. The smallest absolute Gasteiger partial charge is 0.0496 e. The SMILES string of the molecule is C=C1/C=C\C=C/Cc2cc(-c3ccc(N(c4ccc(-c5ccccc5)cc4)c4ccc5c(c4)C(C)(C)c4ccccc4-5)cc3)ccc2N1c1ccccc1. The monoisotopic (exact) mass is 694 g/mol. The van der Waals surface area contributed by atoms with E-state index in [1.807, 2.05) is 0 Å². The molecule has 2 aliphatic rings. The lowest BCUT2D eigenvalue weighted by molar-refractivity contribution is 0.660. The number of rotatable bonds is 6. The zero-order valence-electron chi connectivity index (χ0n) is 30.8. The van der Waals surface area contributed by atoms with Crippen molar-refractivity contribution in [2.24, 2.45) is 0 Å². The van der Waals surface area contributed by atoms with Gasteiger partial charge < -0.3 is 9.80 Å². The van der Waals surface area contributed by atoms with Gasteiger partial charge in [0.25, 0.3) is 0 Å². The lowest BCUT2D eigenvalue weighted by atomic mass is 9.82. The summed E-state index contributed by atoms with van der Waals surface area (Å²) in [5, 5.41) is 0. The summed E-state index contributed by atoms with van der Waals surface area (Å²) in [6.07, 6.45) is 9.32. The normalized spacial score (nSPS) is 15.2. The van der Waals surface area contributed by atoms with Crippen molar-refractivity contribution in [3.05, 3.63) is 223 Å². The summed E-state index contributed by atoms with van der Waals surface area (Å²) in [7, 11) is 0. The Morgan fingerprint density at radius 2 is 1.09 bits per heavy atom. The topological polar surface area (TPSA) is 6.48 Å². The molecular weight excluding hydrogens is 653 g/mol. The van der Waals surface area contributed by atoms with Gasteiger partial charge in [-0.05, 0) is 123 Å². The van der Waals surface area contributed by atoms with Gasteiger partial charge in [0.2, 0.25) is 0 Å². The molecule has 0 fully saturated rings. The van der Waals surface area contributed by atoms with Crippen LogP contribution in [0.4, 0.5) is 28.4 Å². The summed E-state index contributed by atoms with van der Waals surface area (Å²) in [5.74, 6) is 0. The Bertz CT molecular complexity index is 2540. The Kier molecular flexibility index (Phi) is 8.44. The highest BCUT2D eigenvalue weighted by Gasteiger charge is 2.35. The van der Waals surface area contributed by atoms with Crippen molar-refractivity contribution in [1.82, 2.24) is 0 Å². The molecule has 1 aliphatic heterocycles. The molecular formula is C52H42N2. The van der Waals surface area contributed by atoms with Crippen molar-refractivity contribution in [3.8, 4) is 33.4 Å². The van der Waals surface area contributed by atoms with Crippen LogP contribution in [0.2, 0.25) is 0 Å². The minimum absolute atomic E-state index is 0.0916. The van der Waals surface area contributed by atoms with Gasteiger partial charge in [0.1, 0.15) is 0 Å². The highest BCUT2D eigenvalue weighted by molar-refractivity contribution is 5.86. The summed E-state index contributed by atoms with van der Waals surface area (Å²) in [5.41, 5.74) is 17.9. The Hall–Kier alpha value is -6.64. The third-order valence-corrected chi connectivity index (χ3v) is 11.0. The number of anilines is 5. The first-order valence-corrected chi connectivity index (χ1v) is 18.8. The van der Waals surface area contributed by atoms with E-state index in [2.05, 4.69) is 224 Å². The maximum atomic E-state index is 4.43. The molecule has 1 heterocycles. The molecule has 7 aromatic carbocycles. The second-order valence-electron chi connectivity index (χ2n) is 14.7. The van der Waals surface area contributed by atoms with Crippen LogP contribution < -0.4 is 9.80 Å². The fourth-order valence-corrected chi connectivity index (χ4v) is 8.21. The molecule has 0 atom stereocenters. The lowest BCUT2D eigenvalue weighted by Crippen LogP contribution is -2.16. The Morgan fingerprint density at radius 3 is 1.81 bits per heavy atom. The second-order valence-corrected chi connectivity index (χ2v) is 14.7. The van der Waals surface area contributed by atoms with Crippen LogP contribution in [0.15, 0.2) is 206 Å². The molecule has 0 spiro atoms. The molecule has 0 saturated carbocycles. The molecule has 0 unspecified atom stereocenters. The van der Waals surface area contributed by atoms with Gasteiger partial charge in [-0.25, -0.2) is 0 Å². The number of benzene rings is 7. The highest BCUT2D eigenvalue weighted by Crippen LogP contribution is 2.50. The number of hydrogen-bond acceptors (Lipinski definition) is 2. The van der Waals surface area contributed by atoms with Crippen LogP contribution in [-0.4, -0.2) is 0 Å². The predicted octanol–water partition coefficient (Wildman–Crippen LogP) is 14.1. The second kappa shape index (κ2) is 13.7. The number of allylic oxidation sites excluding steroid dienone is 4. The lowest BCUT2D eigenvalue weighted by Gasteiger charge is -2.29. The van der Waals surface area contributed by atoms with Crippen LogP contribution >= 0.6 is 0 Å². The van der Waals surface area contributed by atoms with E-state index in [1.165, 1.54) is 50.1 Å². The molecule has 0 aromatic heterocycles. The van der Waals surface area contributed by atoms with Crippen LogP contribution in [0, 0.1) is 0 Å². The van der Waals surface area contributed by atoms with Crippen molar-refractivity contribution >= 4 is 28.4 Å². The maximum Gasteiger partial charge on any atom is 0.0496 e. The number of fused-ring (bicyclic) bond motifs is 4. The predicted molar refractivity (Wildman–Crippen MR) is 229 cm³/mol. The van der Waals surface area contributed by atoms with Crippen LogP contribution in [-0.2, 0) is 11.8 Å². The number of hydrogen-bond donors (Lipinski definition) is 0. The zero-order valence-corrected chi connectivity index (χ0v) is 30.8. The maximum absolute atomic E-state index is 4.43. The van der Waals surface area contributed by atoms with E-state index >= 15 is 0 Å². The third-order valence-electron chi connectivity index (χ3n) is 11.0. The molecule has 2 nitrogen and oxygen atoms in total. The van der Waals surface area contributed by atoms with Crippen molar-refractivity contribution in [2.45, 2.75) is 25.7 Å². The molecule has 0 radical (unpaired) electrons. The van der Waals surface area contributed by atoms with Gasteiger partial charge >= 0.3 is 0 Å². The van der Waals surface area contributed by atoms with E-state index in [9.17, 15) is 0 Å². The number of nitrogens with zero attached hydrogens (tertiary/aromatic N) is 2. The van der Waals surface area contributed by atoms with Crippen molar-refractivity contribution in [1.29, 1.82) is 0 Å². The summed E-state index contributed by atoms with van der Waals surface area (Å²) >= 11 is 0. The fraction of sp³-hybridized carbons (Fsp3) is 0.0769. The average Bonchev–Trinajstić information content (AvgIpc) is 3.49. The first-order valence-electron chi connectivity index (χ1n) is 18.8. The molecule has 7 aromatic rings. The van der Waals surface area contributed by atoms with Gasteiger partial charge in [0, 0.05) is 39.5 Å². The van der Waals surface area contributed by atoms with Crippen LogP contribution in [0.3, 0.4) is 0 Å². The van der Waals surface area contributed by atoms with Gasteiger partial charge in [0.05, 0.1) is 0 Å². The fourth-order valence-electron chi connectivity index (χ4n) is 8.21. The van der Waals surface area contributed by atoms with Gasteiger partial charge in [-0.2, -0.15) is 0 Å². The van der Waals surface area contributed by atoms with Gasteiger partial charge in [-0.15, -0.1) is 0 Å². The molecule has 0 saturated heterocycles. The summed E-state index contributed by atoms with van der Waals surface area (Å²) in [6, 6.07) is 61.8. The Labute approximate surface area is 319 Å². The van der Waals surface area contributed by atoms with E-state index in [4.69, 9.17) is 0 Å². The molecule has 0 amide bonds. The summed E-state index contributed by atoms with van der Waals surface area (Å²) in [6.45, 7) is 9.12. The standard InChI is InChI=1S/C52H42N2/c1-37-15-7-4-10-18-42-35-41(27-34-51(42)53(37)43-19-11-6-12-20-43)40-25-30-45(31-26-40)54(44-28-23-39(24-29-44)38-16-8-5-9-17-38)46-32-33-48-47-21-13-14-22-49(47)52(2,3)50(48)36-46/h4-17,19-36H,1,18H2,2-3H3/b10-4-,15-7-. The van der Waals surface area contributed by atoms with E-state index in [1.54, 1.807) is 0 Å². The summed E-state index contributed by atoms with van der Waals surface area (Å²) in [4.78, 5) is 4.64. The molecule has 0 bridgehead atoms. The van der Waals surface area contributed by atoms with E-state index in [-0.39, 0.29) is 5.41 Å². The molecule has 54 heavy (non-hydrogen) atoms. The van der Waals surface area contributed by atoms with Crippen LogP contribution in [0.1, 0.15) is 30.5 Å². The van der Waals surface area contributed by atoms with E-state index < -0.39 is 0 Å². The zero-order chi connectivity index (χ0) is 36.6. The van der Waals surface area contributed by atoms with Crippen LogP contribution in [0.25, 0.3) is 33.4 Å². The average molecular weight is 695 g/mol. The van der Waals surface area contributed by atoms with Gasteiger partial charge in [-0.3, -0.25) is 0 Å². The first-order chi connectivity index (χ1) is 26.5. The van der Waals surface area contributed by atoms with Crippen molar-refractivity contribution < 1.29 is 0 Å². The Balaban J connectivity index is 1.11. The van der Waals surface area contributed by atoms with Gasteiger partial charge in [-0.1, -0.05) is 148 Å². The van der Waals surface area contributed by atoms with Crippen molar-refractivity contribution in [2.75, 3.05) is 9.80 Å². The van der Waals surface area contributed by atoms with Crippen LogP contribution in [0.5, 0.6) is 0 Å². The minimum Gasteiger partial charge on any atom is -0.311 e. The number of para-hydroxylation sites is 1. The van der Waals surface area contributed by atoms with Crippen molar-refractivity contribution in [3.63, 3.8) is 0 Å². The molecule has 1 aliphatic carbocycles. The van der Waals surface area contributed by atoms with E-state index in [0.29, 0.717) is 0 Å². The molecule has 260 valence electrons. The quantitative estimate of drug-likeness (QED) is 0.171. The van der Waals surface area contributed by atoms with E-state index in [0.717, 1.165) is 40.6 Å². The highest BCUT2D eigenvalue weighted by atomic mass is 15.1. The largest absolute Gasteiger partial charge is 0.311 e. The molecule has 0 N–H and O–H groups in total. The first kappa shape index (κ1) is 33.2. The minimum atomic E-state index is -0.0916.